The summed E-state index contributed by atoms with van der Waals surface area (Å²) < 4.78 is 0. The fraction of sp³-hybridized carbons (Fsp3) is 0.0833. The van der Waals surface area contributed by atoms with Crippen LogP contribution in [0.15, 0.2) is 36.4 Å². The van der Waals surface area contributed by atoms with Crippen LogP contribution in [-0.2, 0) is 6.61 Å². The quantitative estimate of drug-likeness (QED) is 0.510. The molecule has 0 radical (unpaired) electrons. The number of nitro groups is 1. The van der Waals surface area contributed by atoms with Crippen LogP contribution in [0.5, 0.6) is 0 Å². The molecule has 0 aliphatic rings. The third-order valence-electron chi connectivity index (χ3n) is 2.44. The Morgan fingerprint density at radius 2 is 1.95 bits per heavy atom. The average Bonchev–Trinajstić information content (AvgIpc) is 2.39. The number of nitrogens with one attached hydrogen (secondary N) is 1. The number of halogens is 1. The largest absolute Gasteiger partial charge is 0.392 e. The first-order valence-electron chi connectivity index (χ1n) is 5.38. The number of benzene rings is 1. The molecule has 0 fully saturated rings. The Morgan fingerprint density at radius 3 is 2.53 bits per heavy atom. The normalized spacial score (nSPS) is 10.2. The number of aliphatic hydroxyl groups is 1. The van der Waals surface area contributed by atoms with Crippen LogP contribution in [-0.4, -0.2) is 15.0 Å². The third kappa shape index (κ3) is 3.18. The van der Waals surface area contributed by atoms with Gasteiger partial charge in [0.2, 0.25) is 5.82 Å². The number of hydrogen-bond acceptors (Lipinski definition) is 5. The van der Waals surface area contributed by atoms with Gasteiger partial charge in [-0.2, -0.15) is 0 Å². The number of aliphatic hydroxyl groups excluding tert-OH is 1. The summed E-state index contributed by atoms with van der Waals surface area (Å²) in [5.74, 6) is 0.0780. The van der Waals surface area contributed by atoms with E-state index in [0.29, 0.717) is 5.69 Å². The van der Waals surface area contributed by atoms with Crippen molar-refractivity contribution in [1.82, 2.24) is 4.98 Å². The molecular weight excluding hydrogens is 270 g/mol. The maximum atomic E-state index is 10.9. The minimum absolute atomic E-state index is 0.0597. The predicted molar refractivity (Wildman–Crippen MR) is 71.5 cm³/mol. The van der Waals surface area contributed by atoms with Crippen molar-refractivity contribution in [3.05, 3.63) is 57.2 Å². The summed E-state index contributed by atoms with van der Waals surface area (Å²) >= 11 is 5.73. The van der Waals surface area contributed by atoms with E-state index < -0.39 is 4.92 Å². The molecule has 6 nitrogen and oxygen atoms in total. The Morgan fingerprint density at radius 1 is 1.26 bits per heavy atom. The van der Waals surface area contributed by atoms with E-state index in [1.807, 2.05) is 0 Å². The summed E-state index contributed by atoms with van der Waals surface area (Å²) in [5.41, 5.74) is 1.21. The minimum atomic E-state index is -0.534. The summed E-state index contributed by atoms with van der Waals surface area (Å²) in [4.78, 5) is 14.2. The number of hydrogen-bond donors (Lipinski definition) is 2. The number of pyridine rings is 1. The van der Waals surface area contributed by atoms with Crippen molar-refractivity contribution in [3.63, 3.8) is 0 Å². The molecule has 1 aromatic carbocycles. The van der Waals surface area contributed by atoms with Crippen molar-refractivity contribution < 1.29 is 10.0 Å². The fourth-order valence-electron chi connectivity index (χ4n) is 1.50. The molecule has 2 rings (SSSR count). The zero-order chi connectivity index (χ0) is 13.8. The lowest BCUT2D eigenvalue weighted by atomic mass is 10.2. The third-order valence-corrected chi connectivity index (χ3v) is 2.65. The van der Waals surface area contributed by atoms with Crippen molar-refractivity contribution in [3.8, 4) is 0 Å². The van der Waals surface area contributed by atoms with Crippen molar-refractivity contribution in [2.45, 2.75) is 6.61 Å². The molecule has 98 valence electrons. The van der Waals surface area contributed by atoms with Crippen molar-refractivity contribution >= 4 is 28.8 Å². The van der Waals surface area contributed by atoms with Crippen LogP contribution in [0.3, 0.4) is 0 Å². The fourth-order valence-corrected chi connectivity index (χ4v) is 1.65. The van der Waals surface area contributed by atoms with E-state index in [1.54, 1.807) is 24.3 Å². The van der Waals surface area contributed by atoms with Gasteiger partial charge in [0.15, 0.2) is 0 Å². The van der Waals surface area contributed by atoms with E-state index in [4.69, 9.17) is 16.7 Å². The maximum Gasteiger partial charge on any atom is 0.311 e. The zero-order valence-electron chi connectivity index (χ0n) is 9.71. The van der Waals surface area contributed by atoms with E-state index >= 15 is 0 Å². The van der Waals surface area contributed by atoms with Gasteiger partial charge in [0.25, 0.3) is 0 Å². The topological polar surface area (TPSA) is 88.3 Å². The molecule has 19 heavy (non-hydrogen) atoms. The molecule has 2 aromatic rings. The first kappa shape index (κ1) is 13.3. The minimum Gasteiger partial charge on any atom is -0.392 e. The lowest BCUT2D eigenvalue weighted by Gasteiger charge is -2.07. The molecule has 0 saturated carbocycles. The van der Waals surface area contributed by atoms with Gasteiger partial charge in [-0.1, -0.05) is 23.7 Å². The molecule has 7 heteroatoms. The van der Waals surface area contributed by atoms with Gasteiger partial charge in [-0.3, -0.25) is 10.1 Å². The van der Waals surface area contributed by atoms with E-state index in [2.05, 4.69) is 10.3 Å². The average molecular weight is 280 g/mol. The van der Waals surface area contributed by atoms with Crippen LogP contribution in [0, 0.1) is 10.1 Å². The Bertz CT molecular complexity index is 602. The highest BCUT2D eigenvalue weighted by Crippen LogP contribution is 2.27. The van der Waals surface area contributed by atoms with Gasteiger partial charge in [-0.25, -0.2) is 4.98 Å². The molecule has 0 aliphatic carbocycles. The number of aromatic nitrogens is 1. The number of anilines is 2. The summed E-state index contributed by atoms with van der Waals surface area (Å²) in [6, 6.07) is 9.45. The first-order valence-corrected chi connectivity index (χ1v) is 5.75. The first-order chi connectivity index (χ1) is 9.10. The highest BCUT2D eigenvalue weighted by molar-refractivity contribution is 6.29. The lowest BCUT2D eigenvalue weighted by Crippen LogP contribution is -2.00. The molecule has 0 spiro atoms. The number of nitrogens with zero attached hydrogens (tertiary/aromatic N) is 2. The van der Waals surface area contributed by atoms with Gasteiger partial charge in [-0.05, 0) is 23.8 Å². The Labute approximate surface area is 113 Å². The molecule has 0 amide bonds. The van der Waals surface area contributed by atoms with Crippen molar-refractivity contribution in [1.29, 1.82) is 0 Å². The molecule has 0 aliphatic heterocycles. The second kappa shape index (κ2) is 5.64. The van der Waals surface area contributed by atoms with Crippen molar-refractivity contribution in [2.24, 2.45) is 0 Å². The molecule has 2 N–H and O–H groups in total. The monoisotopic (exact) mass is 279 g/mol. The van der Waals surface area contributed by atoms with E-state index in [1.165, 1.54) is 12.1 Å². The van der Waals surface area contributed by atoms with Crippen LogP contribution in [0.2, 0.25) is 5.15 Å². The Kier molecular flexibility index (Phi) is 3.94. The van der Waals surface area contributed by atoms with Gasteiger partial charge in [-0.15, -0.1) is 0 Å². The van der Waals surface area contributed by atoms with Crippen LogP contribution in [0.4, 0.5) is 17.2 Å². The smallest absolute Gasteiger partial charge is 0.311 e. The van der Waals surface area contributed by atoms with E-state index in [0.717, 1.165) is 5.56 Å². The van der Waals surface area contributed by atoms with Crippen LogP contribution < -0.4 is 5.32 Å². The molecule has 0 bridgehead atoms. The molecule has 0 saturated heterocycles. The Hall–Kier alpha value is -2.18. The van der Waals surface area contributed by atoms with Crippen molar-refractivity contribution in [2.75, 3.05) is 5.32 Å². The predicted octanol–water partition coefficient (Wildman–Crippen LogP) is 2.88. The molecule has 0 atom stereocenters. The number of rotatable bonds is 4. The second-order valence-corrected chi connectivity index (χ2v) is 4.13. The van der Waals surface area contributed by atoms with E-state index in [9.17, 15) is 10.1 Å². The second-order valence-electron chi connectivity index (χ2n) is 3.74. The molecule has 1 aromatic heterocycles. The highest BCUT2D eigenvalue weighted by Gasteiger charge is 2.15. The van der Waals surface area contributed by atoms with Crippen LogP contribution in [0.25, 0.3) is 0 Å². The summed E-state index contributed by atoms with van der Waals surface area (Å²) in [6.45, 7) is -0.0597. The Balaban J connectivity index is 2.31. The summed E-state index contributed by atoms with van der Waals surface area (Å²) in [7, 11) is 0. The maximum absolute atomic E-state index is 10.9. The standard InChI is InChI=1S/C12H10ClN3O3/c13-11-6-5-10(16(18)19)12(15-11)14-9-3-1-8(7-17)2-4-9/h1-6,17H,7H2,(H,14,15). The van der Waals surface area contributed by atoms with Gasteiger partial charge in [0.1, 0.15) is 5.15 Å². The molecular formula is C12H10ClN3O3. The van der Waals surface area contributed by atoms with Crippen LogP contribution in [0.1, 0.15) is 5.56 Å². The van der Waals surface area contributed by atoms with Gasteiger partial charge < -0.3 is 10.4 Å². The van der Waals surface area contributed by atoms with Gasteiger partial charge >= 0.3 is 5.69 Å². The van der Waals surface area contributed by atoms with Gasteiger partial charge in [0.05, 0.1) is 11.5 Å². The summed E-state index contributed by atoms with van der Waals surface area (Å²) in [6.07, 6.45) is 0. The van der Waals surface area contributed by atoms with E-state index in [-0.39, 0.29) is 23.3 Å². The molecule has 0 unspecified atom stereocenters. The molecule has 1 heterocycles. The zero-order valence-corrected chi connectivity index (χ0v) is 10.5. The van der Waals surface area contributed by atoms with Crippen LogP contribution >= 0.6 is 11.6 Å². The summed E-state index contributed by atoms with van der Waals surface area (Å²) in [5, 5.41) is 22.8. The SMILES string of the molecule is O=[N+]([O-])c1ccc(Cl)nc1Nc1ccc(CO)cc1. The van der Waals surface area contributed by atoms with Gasteiger partial charge in [0, 0.05) is 11.8 Å². The lowest BCUT2D eigenvalue weighted by molar-refractivity contribution is -0.384. The highest BCUT2D eigenvalue weighted by atomic mass is 35.5.